The number of nitrogens with zero attached hydrogens (tertiary/aromatic N) is 1. The molecule has 6 nitrogen and oxygen atoms in total. The summed E-state index contributed by atoms with van der Waals surface area (Å²) in [6, 6.07) is 4.88. The minimum atomic E-state index is -1.30. The third kappa shape index (κ3) is 3.01. The van der Waals surface area contributed by atoms with Crippen LogP contribution in [0.25, 0.3) is 0 Å². The van der Waals surface area contributed by atoms with E-state index in [0.29, 0.717) is 19.6 Å². The Morgan fingerprint density at radius 3 is 2.88 bits per heavy atom. The maximum atomic E-state index is 12.5. The van der Waals surface area contributed by atoms with Crippen molar-refractivity contribution in [3.05, 3.63) is 41.2 Å². The Bertz CT molecular complexity index is 699. The molecule has 0 fully saturated rings. The van der Waals surface area contributed by atoms with Crippen molar-refractivity contribution in [3.8, 4) is 5.75 Å². The van der Waals surface area contributed by atoms with Crippen LogP contribution in [0.3, 0.4) is 0 Å². The Kier molecular flexibility index (Phi) is 4.32. The third-order valence-corrected chi connectivity index (χ3v) is 4.53. The molecular formula is C18H21NO5. The average Bonchev–Trinajstić information content (AvgIpc) is 2.52. The predicted molar refractivity (Wildman–Crippen MR) is 86.7 cm³/mol. The summed E-state index contributed by atoms with van der Waals surface area (Å²) in [5.74, 6) is 0.549. The number of carbonyl (C=O) groups excluding carboxylic acids is 2. The quantitative estimate of drug-likeness (QED) is 0.802. The maximum Gasteiger partial charge on any atom is 0.226 e. The van der Waals surface area contributed by atoms with Gasteiger partial charge in [-0.25, -0.2) is 0 Å². The van der Waals surface area contributed by atoms with E-state index in [1.807, 2.05) is 19.1 Å². The zero-order chi connectivity index (χ0) is 17.3. The van der Waals surface area contributed by atoms with Crippen LogP contribution in [0.1, 0.15) is 36.9 Å². The number of amides is 1. The van der Waals surface area contributed by atoms with E-state index in [4.69, 9.17) is 4.74 Å². The van der Waals surface area contributed by atoms with Gasteiger partial charge in [-0.3, -0.25) is 4.79 Å². The molecule has 2 N–H and O–H groups in total. The lowest BCUT2D eigenvalue weighted by Gasteiger charge is -2.38. The Labute approximate surface area is 140 Å². The molecule has 1 aromatic rings. The van der Waals surface area contributed by atoms with Crippen molar-refractivity contribution in [3.63, 3.8) is 0 Å². The summed E-state index contributed by atoms with van der Waals surface area (Å²) < 4.78 is 5.48. The first-order chi connectivity index (χ1) is 11.5. The summed E-state index contributed by atoms with van der Waals surface area (Å²) in [6.07, 6.45) is 2.62. The van der Waals surface area contributed by atoms with E-state index >= 15 is 0 Å². The highest BCUT2D eigenvalue weighted by Gasteiger charge is 2.40. The Balaban J connectivity index is 1.79. The molecule has 1 aliphatic heterocycles. The fourth-order valence-corrected chi connectivity index (χ4v) is 3.39. The molecule has 0 aromatic heterocycles. The van der Waals surface area contributed by atoms with Crippen molar-refractivity contribution in [2.75, 3.05) is 13.2 Å². The Hall–Kier alpha value is -2.34. The van der Waals surface area contributed by atoms with Gasteiger partial charge in [-0.2, -0.15) is 0 Å². The van der Waals surface area contributed by atoms with Crippen LogP contribution in [-0.4, -0.2) is 46.1 Å². The average molecular weight is 331 g/mol. The number of aliphatic hydroxyl groups excluding tert-OH is 1. The van der Waals surface area contributed by atoms with E-state index in [2.05, 4.69) is 0 Å². The van der Waals surface area contributed by atoms with Gasteiger partial charge in [-0.05, 0) is 42.7 Å². The van der Waals surface area contributed by atoms with Crippen molar-refractivity contribution in [1.29, 1.82) is 0 Å². The molecule has 2 atom stereocenters. The smallest absolute Gasteiger partial charge is 0.226 e. The van der Waals surface area contributed by atoms with Crippen LogP contribution < -0.4 is 4.74 Å². The maximum absolute atomic E-state index is 12.5. The van der Waals surface area contributed by atoms with Crippen LogP contribution in [0.5, 0.6) is 5.75 Å². The van der Waals surface area contributed by atoms with Gasteiger partial charge in [0.25, 0.3) is 0 Å². The second-order valence-electron chi connectivity index (χ2n) is 6.30. The summed E-state index contributed by atoms with van der Waals surface area (Å²) in [7, 11) is 0. The van der Waals surface area contributed by atoms with Gasteiger partial charge in [0.05, 0.1) is 18.8 Å². The number of ether oxygens (including phenoxy) is 1. The van der Waals surface area contributed by atoms with Crippen molar-refractivity contribution < 1.29 is 24.5 Å². The molecule has 0 spiro atoms. The van der Waals surface area contributed by atoms with E-state index in [1.165, 1.54) is 11.0 Å². The normalized spacial score (nSPS) is 25.3. The lowest BCUT2D eigenvalue weighted by atomic mass is 9.83. The van der Waals surface area contributed by atoms with E-state index in [9.17, 15) is 19.8 Å². The van der Waals surface area contributed by atoms with Crippen LogP contribution in [0, 0.1) is 0 Å². The minimum absolute atomic E-state index is 0.0760. The first-order valence-electron chi connectivity index (χ1n) is 8.09. The fraction of sp³-hybridized carbons (Fsp3) is 0.444. The van der Waals surface area contributed by atoms with Crippen molar-refractivity contribution in [2.24, 2.45) is 0 Å². The van der Waals surface area contributed by atoms with E-state index in [0.717, 1.165) is 23.2 Å². The highest BCUT2D eigenvalue weighted by atomic mass is 16.5. The van der Waals surface area contributed by atoms with E-state index in [-0.39, 0.29) is 24.5 Å². The standard InChI is InChI=1S/C18H21NO5/c1-2-24-14-3-4-15-12(7-14)5-6-19(16(15)11-20)17(22)10-18(23)8-13(21)9-18/h3-4,7-8,11,16,21,23H,2,5-6,9-10H2,1H3. The van der Waals surface area contributed by atoms with Crippen LogP contribution >= 0.6 is 0 Å². The number of hydrogen-bond donors (Lipinski definition) is 2. The monoisotopic (exact) mass is 331 g/mol. The zero-order valence-corrected chi connectivity index (χ0v) is 13.6. The molecule has 1 aliphatic carbocycles. The second kappa shape index (κ2) is 6.28. The molecule has 0 radical (unpaired) electrons. The van der Waals surface area contributed by atoms with Crippen molar-refractivity contribution in [1.82, 2.24) is 4.90 Å². The molecule has 24 heavy (non-hydrogen) atoms. The molecular weight excluding hydrogens is 310 g/mol. The van der Waals surface area contributed by atoms with Crippen LogP contribution in [0.2, 0.25) is 0 Å². The van der Waals surface area contributed by atoms with Gasteiger partial charge in [0.2, 0.25) is 5.91 Å². The summed E-state index contributed by atoms with van der Waals surface area (Å²) in [6.45, 7) is 2.89. The van der Waals surface area contributed by atoms with Gasteiger partial charge < -0.3 is 24.6 Å². The molecule has 3 rings (SSSR count). The zero-order valence-electron chi connectivity index (χ0n) is 13.6. The van der Waals surface area contributed by atoms with E-state index in [1.54, 1.807) is 6.07 Å². The summed E-state index contributed by atoms with van der Waals surface area (Å²) in [4.78, 5) is 25.6. The number of fused-ring (bicyclic) bond motifs is 1. The molecule has 2 aliphatic rings. The largest absolute Gasteiger partial charge is 0.512 e. The fourth-order valence-electron chi connectivity index (χ4n) is 3.39. The summed E-state index contributed by atoms with van der Waals surface area (Å²) >= 11 is 0. The Morgan fingerprint density at radius 1 is 1.50 bits per heavy atom. The topological polar surface area (TPSA) is 87.1 Å². The van der Waals surface area contributed by atoms with Crippen LogP contribution in [-0.2, 0) is 16.0 Å². The minimum Gasteiger partial charge on any atom is -0.512 e. The molecule has 6 heteroatoms. The molecule has 0 bridgehead atoms. The predicted octanol–water partition coefficient (Wildman–Crippen LogP) is 1.68. The third-order valence-electron chi connectivity index (χ3n) is 4.53. The number of aliphatic hydroxyl groups is 2. The van der Waals surface area contributed by atoms with E-state index < -0.39 is 11.6 Å². The number of hydrogen-bond acceptors (Lipinski definition) is 5. The number of rotatable bonds is 5. The molecule has 0 saturated heterocycles. The lowest BCUT2D eigenvalue weighted by molar-refractivity contribution is -0.141. The van der Waals surface area contributed by atoms with Gasteiger partial charge in [0.1, 0.15) is 23.7 Å². The first kappa shape index (κ1) is 16.5. The summed E-state index contributed by atoms with van der Waals surface area (Å²) in [5, 5.41) is 19.4. The van der Waals surface area contributed by atoms with Gasteiger partial charge in [0.15, 0.2) is 0 Å². The SMILES string of the molecule is CCOc1ccc2c(c1)CCN(C(=O)CC1(O)C=C(O)C1)C2C=O. The number of aldehydes is 1. The van der Waals surface area contributed by atoms with Gasteiger partial charge >= 0.3 is 0 Å². The highest BCUT2D eigenvalue weighted by molar-refractivity contribution is 5.82. The molecule has 1 aromatic carbocycles. The number of carbonyl (C=O) groups is 2. The second-order valence-corrected chi connectivity index (χ2v) is 6.30. The number of benzene rings is 1. The molecule has 1 heterocycles. The molecule has 128 valence electrons. The van der Waals surface area contributed by atoms with Gasteiger partial charge in [-0.1, -0.05) is 6.07 Å². The molecule has 1 amide bonds. The Morgan fingerprint density at radius 2 is 2.25 bits per heavy atom. The van der Waals surface area contributed by atoms with Crippen LogP contribution in [0.15, 0.2) is 30.0 Å². The first-order valence-corrected chi connectivity index (χ1v) is 8.09. The summed E-state index contributed by atoms with van der Waals surface area (Å²) in [5.41, 5.74) is 0.502. The van der Waals surface area contributed by atoms with Gasteiger partial charge in [0, 0.05) is 13.0 Å². The van der Waals surface area contributed by atoms with Crippen molar-refractivity contribution >= 4 is 12.2 Å². The lowest BCUT2D eigenvalue weighted by Crippen LogP contribution is -2.46. The molecule has 0 saturated carbocycles. The highest BCUT2D eigenvalue weighted by Crippen LogP contribution is 2.35. The molecule has 2 unspecified atom stereocenters. The van der Waals surface area contributed by atoms with Gasteiger partial charge in [-0.15, -0.1) is 0 Å². The van der Waals surface area contributed by atoms with Crippen molar-refractivity contribution in [2.45, 2.75) is 37.8 Å². The van der Waals surface area contributed by atoms with Crippen LogP contribution in [0.4, 0.5) is 0 Å².